The van der Waals surface area contributed by atoms with Crippen LogP contribution in [-0.4, -0.2) is 45.2 Å². The van der Waals surface area contributed by atoms with Gasteiger partial charge in [-0.25, -0.2) is 0 Å². The van der Waals surface area contributed by atoms with Gasteiger partial charge in [-0.2, -0.15) is 5.10 Å². The van der Waals surface area contributed by atoms with Crippen molar-refractivity contribution in [1.82, 2.24) is 20.0 Å². The molecule has 4 aliphatic rings. The summed E-state index contributed by atoms with van der Waals surface area (Å²) in [4.78, 5) is 26.9. The lowest BCUT2D eigenvalue weighted by Gasteiger charge is -2.40. The summed E-state index contributed by atoms with van der Waals surface area (Å²) < 4.78 is 12.6. The summed E-state index contributed by atoms with van der Waals surface area (Å²) in [5.74, 6) is 0.469. The maximum atomic E-state index is 12.9. The van der Waals surface area contributed by atoms with Crippen LogP contribution in [0.3, 0.4) is 0 Å². The number of nitrogens with zero attached hydrogens (tertiary/aromatic N) is 3. The number of hydrogen-bond acceptors (Lipinski definition) is 5. The molecule has 3 aliphatic heterocycles. The average molecular weight is 356 g/mol. The number of aromatic nitrogens is 2. The minimum absolute atomic E-state index is 0.104. The predicted octanol–water partition coefficient (Wildman–Crippen LogP) is 0.927. The average Bonchev–Trinajstić information content (AvgIpc) is 3.42. The highest BCUT2D eigenvalue weighted by Crippen LogP contribution is 2.49. The number of ether oxygens (including phenoxy) is 1. The van der Waals surface area contributed by atoms with E-state index in [2.05, 4.69) is 10.4 Å². The number of amides is 2. The fourth-order valence-electron chi connectivity index (χ4n) is 4.20. The Kier molecular flexibility index (Phi) is 3.43. The van der Waals surface area contributed by atoms with Gasteiger partial charge in [0.15, 0.2) is 0 Å². The van der Waals surface area contributed by atoms with Gasteiger partial charge in [0.1, 0.15) is 11.9 Å². The molecule has 0 spiro atoms. The van der Waals surface area contributed by atoms with E-state index in [-0.39, 0.29) is 11.8 Å². The summed E-state index contributed by atoms with van der Waals surface area (Å²) in [5, 5.41) is 7.27. The Labute approximate surface area is 150 Å². The Hall–Kier alpha value is -2.61. The second-order valence-corrected chi connectivity index (χ2v) is 7.34. The first-order valence-electron chi connectivity index (χ1n) is 8.92. The molecule has 2 aromatic heterocycles. The van der Waals surface area contributed by atoms with Crippen molar-refractivity contribution in [1.29, 1.82) is 0 Å². The van der Waals surface area contributed by atoms with E-state index in [9.17, 15) is 9.59 Å². The van der Waals surface area contributed by atoms with Gasteiger partial charge in [-0.15, -0.1) is 0 Å². The zero-order valence-corrected chi connectivity index (χ0v) is 14.3. The van der Waals surface area contributed by atoms with Crippen LogP contribution >= 0.6 is 0 Å². The Bertz CT molecular complexity index is 845. The van der Waals surface area contributed by atoms with E-state index in [1.807, 2.05) is 9.58 Å². The molecule has 0 aromatic carbocycles. The van der Waals surface area contributed by atoms with Gasteiger partial charge in [-0.05, 0) is 24.8 Å². The zero-order valence-electron chi connectivity index (χ0n) is 14.3. The first-order chi connectivity index (χ1) is 12.6. The van der Waals surface area contributed by atoms with Crippen molar-refractivity contribution in [3.05, 3.63) is 41.6 Å². The third-order valence-corrected chi connectivity index (χ3v) is 5.69. The van der Waals surface area contributed by atoms with Crippen LogP contribution in [0.15, 0.2) is 29.2 Å². The van der Waals surface area contributed by atoms with Gasteiger partial charge in [0, 0.05) is 18.7 Å². The maximum Gasteiger partial charge on any atom is 0.255 e. The van der Waals surface area contributed by atoms with E-state index < -0.39 is 5.60 Å². The van der Waals surface area contributed by atoms with Crippen LogP contribution in [0.2, 0.25) is 0 Å². The van der Waals surface area contributed by atoms with Crippen LogP contribution in [0.4, 0.5) is 0 Å². The molecule has 0 unspecified atom stereocenters. The van der Waals surface area contributed by atoms with Crippen LogP contribution in [0.1, 0.15) is 34.5 Å². The van der Waals surface area contributed by atoms with Crippen molar-refractivity contribution in [3.8, 4) is 0 Å². The molecule has 26 heavy (non-hydrogen) atoms. The van der Waals surface area contributed by atoms with Crippen molar-refractivity contribution in [2.75, 3.05) is 13.2 Å². The van der Waals surface area contributed by atoms with E-state index >= 15 is 0 Å². The standard InChI is InChI=1S/C18H20N4O4/c23-16(13-1-4-25-11-13)19-7-14-8-20-22-3-2-21(9-15(14)22)17(24)18-5-12(6-18)10-26-18/h1,4,8,11-12H,2-3,5-7,9-10H2,(H,19,23). The van der Waals surface area contributed by atoms with Gasteiger partial charge in [-0.1, -0.05) is 0 Å². The summed E-state index contributed by atoms with van der Waals surface area (Å²) in [6.07, 6.45) is 6.36. The molecule has 2 aromatic rings. The fraction of sp³-hybridized carbons (Fsp3) is 0.500. The minimum Gasteiger partial charge on any atom is -0.472 e. The highest BCUT2D eigenvalue weighted by Gasteiger charge is 2.58. The smallest absolute Gasteiger partial charge is 0.255 e. The molecular formula is C18H20N4O4. The summed E-state index contributed by atoms with van der Waals surface area (Å²) >= 11 is 0. The van der Waals surface area contributed by atoms with Crippen LogP contribution < -0.4 is 5.32 Å². The van der Waals surface area contributed by atoms with Crippen molar-refractivity contribution in [2.24, 2.45) is 5.92 Å². The Morgan fingerprint density at radius 1 is 1.35 bits per heavy atom. The van der Waals surface area contributed by atoms with Gasteiger partial charge < -0.3 is 19.4 Å². The molecule has 2 bridgehead atoms. The summed E-state index contributed by atoms with van der Waals surface area (Å²) in [6, 6.07) is 1.62. The third kappa shape index (κ3) is 2.36. The molecule has 8 nitrogen and oxygen atoms in total. The van der Waals surface area contributed by atoms with Gasteiger partial charge in [0.25, 0.3) is 11.8 Å². The number of nitrogens with one attached hydrogen (secondary N) is 1. The Balaban J connectivity index is 1.28. The van der Waals surface area contributed by atoms with E-state index in [0.29, 0.717) is 44.3 Å². The van der Waals surface area contributed by atoms with Crippen molar-refractivity contribution in [2.45, 2.75) is 38.1 Å². The van der Waals surface area contributed by atoms with Gasteiger partial charge in [0.05, 0.1) is 43.4 Å². The number of hydrogen-bond donors (Lipinski definition) is 1. The summed E-state index contributed by atoms with van der Waals surface area (Å²) in [6.45, 7) is 2.89. The molecule has 2 amide bonds. The number of carbonyl (C=O) groups is 2. The highest BCUT2D eigenvalue weighted by atomic mass is 16.5. The molecule has 8 heteroatoms. The molecule has 3 fully saturated rings. The molecule has 0 radical (unpaired) electrons. The van der Waals surface area contributed by atoms with Gasteiger partial charge >= 0.3 is 0 Å². The molecular weight excluding hydrogens is 336 g/mol. The van der Waals surface area contributed by atoms with E-state index in [0.717, 1.165) is 24.1 Å². The first-order valence-corrected chi connectivity index (χ1v) is 8.92. The SMILES string of the molecule is O=C(NCc1cnn2c1CN(C(=O)C13CC(CO1)C3)CC2)c1ccoc1. The highest BCUT2D eigenvalue weighted by molar-refractivity contribution is 5.93. The van der Waals surface area contributed by atoms with Crippen LogP contribution in [0.5, 0.6) is 0 Å². The van der Waals surface area contributed by atoms with Crippen molar-refractivity contribution >= 4 is 11.8 Å². The molecule has 0 atom stereocenters. The van der Waals surface area contributed by atoms with Crippen LogP contribution in [0.25, 0.3) is 0 Å². The first kappa shape index (κ1) is 15.6. The largest absolute Gasteiger partial charge is 0.472 e. The van der Waals surface area contributed by atoms with Gasteiger partial charge in [0.2, 0.25) is 0 Å². The normalized spacial score (nSPS) is 26.3. The van der Waals surface area contributed by atoms with Crippen LogP contribution in [-0.2, 0) is 29.2 Å². The van der Waals surface area contributed by atoms with Gasteiger partial charge in [-0.3, -0.25) is 14.3 Å². The second-order valence-electron chi connectivity index (χ2n) is 7.34. The maximum absolute atomic E-state index is 12.9. The summed E-state index contributed by atoms with van der Waals surface area (Å²) in [7, 11) is 0. The third-order valence-electron chi connectivity index (χ3n) is 5.69. The minimum atomic E-state index is -0.567. The topological polar surface area (TPSA) is 89.6 Å². The monoisotopic (exact) mass is 356 g/mol. The lowest BCUT2D eigenvalue weighted by atomic mass is 9.73. The molecule has 136 valence electrons. The van der Waals surface area contributed by atoms with E-state index in [4.69, 9.17) is 9.15 Å². The van der Waals surface area contributed by atoms with E-state index in [1.165, 1.54) is 12.5 Å². The number of rotatable bonds is 4. The lowest BCUT2D eigenvalue weighted by Crippen LogP contribution is -2.54. The molecule has 2 saturated heterocycles. The quantitative estimate of drug-likeness (QED) is 0.880. The van der Waals surface area contributed by atoms with Crippen molar-refractivity contribution < 1.29 is 18.7 Å². The lowest BCUT2D eigenvalue weighted by molar-refractivity contribution is -0.156. The molecule has 1 aliphatic carbocycles. The van der Waals surface area contributed by atoms with Crippen LogP contribution in [0, 0.1) is 5.92 Å². The predicted molar refractivity (Wildman–Crippen MR) is 88.9 cm³/mol. The summed E-state index contributed by atoms with van der Waals surface area (Å²) in [5.41, 5.74) is 1.82. The number of furan rings is 1. The zero-order chi connectivity index (χ0) is 17.7. The molecule has 1 N–H and O–H groups in total. The Morgan fingerprint density at radius 2 is 2.23 bits per heavy atom. The molecule has 6 rings (SSSR count). The fourth-order valence-corrected chi connectivity index (χ4v) is 4.20. The Morgan fingerprint density at radius 3 is 2.96 bits per heavy atom. The second kappa shape index (κ2) is 5.70. The van der Waals surface area contributed by atoms with E-state index in [1.54, 1.807) is 12.3 Å². The molecule has 5 heterocycles. The van der Waals surface area contributed by atoms with Crippen molar-refractivity contribution in [3.63, 3.8) is 0 Å². The number of fused-ring (bicyclic) bond motifs is 2. The molecule has 1 saturated carbocycles. The number of carbonyl (C=O) groups excluding carboxylic acids is 2.